The number of nitrogens with zero attached hydrogens (tertiary/aromatic N) is 2. The van der Waals surface area contributed by atoms with Crippen molar-refractivity contribution in [1.82, 2.24) is 4.57 Å². The van der Waals surface area contributed by atoms with Gasteiger partial charge in [-0.2, -0.15) is 0 Å². The molecule has 0 saturated heterocycles. The maximum absolute atomic E-state index is 13.7. The first-order chi connectivity index (χ1) is 17.2. The molecule has 1 aromatic heterocycles. The highest BCUT2D eigenvalue weighted by Gasteiger charge is 2.21. The Hall–Kier alpha value is -3.99. The summed E-state index contributed by atoms with van der Waals surface area (Å²) in [5, 5.41) is 4.95. The SMILES string of the molecule is CCCCCC/C(=N\OC(=O)c1ccccc1)C(=O)c1cn(Cc2ccccc2)c2ccccc12. The zero-order valence-electron chi connectivity index (χ0n) is 20.0. The third-order valence-corrected chi connectivity index (χ3v) is 6.01. The van der Waals surface area contributed by atoms with Crippen molar-refractivity contribution in [1.29, 1.82) is 0 Å². The molecule has 0 bridgehead atoms. The van der Waals surface area contributed by atoms with E-state index in [-0.39, 0.29) is 11.5 Å². The number of hydrogen-bond acceptors (Lipinski definition) is 4. The third kappa shape index (κ3) is 6.12. The number of aromatic nitrogens is 1. The first-order valence-electron chi connectivity index (χ1n) is 12.2. The molecular weight excluding hydrogens is 436 g/mol. The van der Waals surface area contributed by atoms with Crippen molar-refractivity contribution in [2.24, 2.45) is 5.16 Å². The third-order valence-electron chi connectivity index (χ3n) is 6.01. The van der Waals surface area contributed by atoms with Crippen molar-refractivity contribution < 1.29 is 14.4 Å². The van der Waals surface area contributed by atoms with Crippen molar-refractivity contribution in [2.75, 3.05) is 0 Å². The molecule has 0 unspecified atom stereocenters. The Morgan fingerprint density at radius 3 is 2.26 bits per heavy atom. The summed E-state index contributed by atoms with van der Waals surface area (Å²) in [4.78, 5) is 31.4. The van der Waals surface area contributed by atoms with Crippen LogP contribution >= 0.6 is 0 Å². The molecule has 5 heteroatoms. The fourth-order valence-electron chi connectivity index (χ4n) is 4.14. The fraction of sp³-hybridized carbons (Fsp3) is 0.233. The summed E-state index contributed by atoms with van der Waals surface area (Å²) >= 11 is 0. The minimum absolute atomic E-state index is 0.203. The van der Waals surface area contributed by atoms with E-state index in [1.807, 2.05) is 54.7 Å². The molecule has 35 heavy (non-hydrogen) atoms. The lowest BCUT2D eigenvalue weighted by Crippen LogP contribution is -2.16. The minimum atomic E-state index is -0.573. The number of benzene rings is 3. The van der Waals surface area contributed by atoms with Gasteiger partial charge >= 0.3 is 5.97 Å². The van der Waals surface area contributed by atoms with E-state index in [1.165, 1.54) is 0 Å². The van der Waals surface area contributed by atoms with Crippen LogP contribution in [0.2, 0.25) is 0 Å². The summed E-state index contributed by atoms with van der Waals surface area (Å²) in [5.41, 5.74) is 3.37. The number of carbonyl (C=O) groups excluding carboxylic acids is 2. The molecule has 0 saturated carbocycles. The molecule has 1 heterocycles. The molecule has 178 valence electrons. The van der Waals surface area contributed by atoms with E-state index < -0.39 is 5.97 Å². The zero-order chi connectivity index (χ0) is 24.5. The van der Waals surface area contributed by atoms with Crippen LogP contribution in [-0.4, -0.2) is 22.0 Å². The lowest BCUT2D eigenvalue weighted by molar-refractivity contribution is 0.0514. The molecular formula is C30H30N2O3. The molecule has 0 spiro atoms. The molecule has 3 aromatic carbocycles. The number of ketones is 1. The Morgan fingerprint density at radius 2 is 1.51 bits per heavy atom. The van der Waals surface area contributed by atoms with Crippen LogP contribution in [0.15, 0.2) is 96.3 Å². The van der Waals surface area contributed by atoms with Gasteiger partial charge in [0, 0.05) is 29.2 Å². The molecule has 0 N–H and O–H groups in total. The normalized spacial score (nSPS) is 11.5. The van der Waals surface area contributed by atoms with E-state index >= 15 is 0 Å². The largest absolute Gasteiger partial charge is 0.365 e. The molecule has 0 amide bonds. The quantitative estimate of drug-likeness (QED) is 0.0782. The summed E-state index contributed by atoms with van der Waals surface area (Å²) in [5.74, 6) is -0.777. The van der Waals surface area contributed by atoms with Crippen LogP contribution in [-0.2, 0) is 11.4 Å². The summed E-state index contributed by atoms with van der Waals surface area (Å²) in [6.45, 7) is 2.80. The van der Waals surface area contributed by atoms with Crippen LogP contribution in [0.5, 0.6) is 0 Å². The van der Waals surface area contributed by atoms with Gasteiger partial charge in [0.2, 0.25) is 5.78 Å². The van der Waals surface area contributed by atoms with Gasteiger partial charge < -0.3 is 9.40 Å². The van der Waals surface area contributed by atoms with Crippen molar-refractivity contribution in [2.45, 2.75) is 45.6 Å². The molecule has 0 fully saturated rings. The van der Waals surface area contributed by atoms with Crippen molar-refractivity contribution in [3.05, 3.63) is 108 Å². The first kappa shape index (κ1) is 24.1. The molecule has 0 aliphatic carbocycles. The Labute approximate surface area is 206 Å². The van der Waals surface area contributed by atoms with Gasteiger partial charge in [-0.05, 0) is 36.6 Å². The van der Waals surface area contributed by atoms with Crippen molar-refractivity contribution in [3.8, 4) is 0 Å². The molecule has 0 aliphatic heterocycles. The number of oxime groups is 1. The predicted molar refractivity (Wildman–Crippen MR) is 140 cm³/mol. The van der Waals surface area contributed by atoms with Crippen LogP contribution in [0.4, 0.5) is 0 Å². The first-order valence-corrected chi connectivity index (χ1v) is 12.2. The fourth-order valence-corrected chi connectivity index (χ4v) is 4.14. The van der Waals surface area contributed by atoms with Crippen molar-refractivity contribution >= 4 is 28.4 Å². The van der Waals surface area contributed by atoms with Gasteiger partial charge in [-0.15, -0.1) is 0 Å². The number of unbranched alkanes of at least 4 members (excludes halogenated alkanes) is 3. The van der Waals surface area contributed by atoms with Gasteiger partial charge in [0.05, 0.1) is 5.56 Å². The number of rotatable bonds is 11. The summed E-state index contributed by atoms with van der Waals surface area (Å²) < 4.78 is 2.09. The smallest absolute Gasteiger partial charge is 0.342 e. The zero-order valence-corrected chi connectivity index (χ0v) is 20.0. The van der Waals surface area contributed by atoms with E-state index in [0.717, 1.165) is 42.1 Å². The van der Waals surface area contributed by atoms with Gasteiger partial charge in [-0.3, -0.25) is 4.79 Å². The lowest BCUT2D eigenvalue weighted by atomic mass is 10.0. The molecule has 0 aliphatic rings. The second-order valence-electron chi connectivity index (χ2n) is 8.60. The van der Waals surface area contributed by atoms with Crippen LogP contribution in [0.3, 0.4) is 0 Å². The van der Waals surface area contributed by atoms with E-state index in [0.29, 0.717) is 24.1 Å². The Morgan fingerprint density at radius 1 is 0.829 bits per heavy atom. The monoisotopic (exact) mass is 466 g/mol. The average Bonchev–Trinajstić information content (AvgIpc) is 3.27. The van der Waals surface area contributed by atoms with Crippen LogP contribution < -0.4 is 0 Å². The Balaban J connectivity index is 1.63. The van der Waals surface area contributed by atoms with E-state index in [1.54, 1.807) is 24.3 Å². The Bertz CT molecular complexity index is 1310. The summed E-state index contributed by atoms with van der Waals surface area (Å²) in [6, 6.07) is 26.7. The number of fused-ring (bicyclic) bond motifs is 1. The van der Waals surface area contributed by atoms with Crippen LogP contribution in [0, 0.1) is 0 Å². The highest BCUT2D eigenvalue weighted by molar-refractivity contribution is 6.47. The van der Waals surface area contributed by atoms with E-state index in [9.17, 15) is 9.59 Å². The molecule has 5 nitrogen and oxygen atoms in total. The lowest BCUT2D eigenvalue weighted by Gasteiger charge is -2.06. The standard InChI is InChI=1S/C30H30N2O3/c1-2-3-4-11-19-27(31-35-30(34)24-16-9-6-10-17-24)29(33)26-22-32(21-23-14-7-5-8-15-23)28-20-13-12-18-25(26)28/h5-10,12-18,20,22H,2-4,11,19,21H2,1H3/b31-27+. The second-order valence-corrected chi connectivity index (χ2v) is 8.60. The highest BCUT2D eigenvalue weighted by Crippen LogP contribution is 2.24. The maximum atomic E-state index is 13.7. The molecule has 0 atom stereocenters. The second kappa shape index (κ2) is 11.9. The van der Waals surface area contributed by atoms with Gasteiger partial charge in [0.25, 0.3) is 0 Å². The predicted octanol–water partition coefficient (Wildman–Crippen LogP) is 7.06. The van der Waals surface area contributed by atoms with Gasteiger partial charge in [-0.25, -0.2) is 4.79 Å². The van der Waals surface area contributed by atoms with Crippen molar-refractivity contribution in [3.63, 3.8) is 0 Å². The Kier molecular flexibility index (Phi) is 8.23. The van der Waals surface area contributed by atoms with Gasteiger partial charge in [0.15, 0.2) is 0 Å². The number of carbonyl (C=O) groups is 2. The van der Waals surface area contributed by atoms with Gasteiger partial charge in [-0.1, -0.05) is 98.1 Å². The average molecular weight is 467 g/mol. The van der Waals surface area contributed by atoms with E-state index in [4.69, 9.17) is 4.84 Å². The summed E-state index contributed by atoms with van der Waals surface area (Å²) in [6.07, 6.45) is 6.33. The van der Waals surface area contributed by atoms with Crippen LogP contribution in [0.1, 0.15) is 65.3 Å². The van der Waals surface area contributed by atoms with E-state index in [2.05, 4.69) is 28.8 Å². The topological polar surface area (TPSA) is 60.7 Å². The van der Waals surface area contributed by atoms with Gasteiger partial charge in [0.1, 0.15) is 5.71 Å². The highest BCUT2D eigenvalue weighted by atomic mass is 16.7. The minimum Gasteiger partial charge on any atom is -0.342 e. The summed E-state index contributed by atoms with van der Waals surface area (Å²) in [7, 11) is 0. The molecule has 0 radical (unpaired) electrons. The number of para-hydroxylation sites is 1. The van der Waals surface area contributed by atoms with Crippen LogP contribution in [0.25, 0.3) is 10.9 Å². The molecule has 4 aromatic rings. The maximum Gasteiger partial charge on any atom is 0.365 e. The number of hydrogen-bond donors (Lipinski definition) is 0. The molecule has 4 rings (SSSR count). The number of Topliss-reactive ketones (excluding diaryl/α,β-unsaturated/α-hetero) is 1.